The van der Waals surface area contributed by atoms with E-state index in [9.17, 15) is 9.59 Å². The fourth-order valence-corrected chi connectivity index (χ4v) is 3.11. The number of rotatable bonds is 7. The summed E-state index contributed by atoms with van der Waals surface area (Å²) < 4.78 is 3.38. The van der Waals surface area contributed by atoms with Gasteiger partial charge in [0, 0.05) is 37.6 Å². The molecule has 0 amide bonds. The van der Waals surface area contributed by atoms with Gasteiger partial charge < -0.3 is 20.4 Å². The van der Waals surface area contributed by atoms with E-state index in [0.717, 1.165) is 5.69 Å². The predicted molar refractivity (Wildman–Crippen MR) is 127 cm³/mol. The molecule has 0 aliphatic heterocycles. The molecule has 176 valence electrons. The first-order valence-corrected chi connectivity index (χ1v) is 10.4. The molecule has 0 bridgehead atoms. The van der Waals surface area contributed by atoms with Crippen molar-refractivity contribution in [1.82, 2.24) is 14.6 Å². The van der Waals surface area contributed by atoms with Gasteiger partial charge in [0.15, 0.2) is 6.33 Å². The Kier molecular flexibility index (Phi) is 6.49. The van der Waals surface area contributed by atoms with Crippen LogP contribution in [0.2, 0.25) is 0 Å². The van der Waals surface area contributed by atoms with Crippen molar-refractivity contribution in [1.29, 1.82) is 0 Å². The molecule has 0 aliphatic carbocycles. The first-order chi connectivity index (χ1) is 16.8. The lowest BCUT2D eigenvalue weighted by atomic mass is 10.2. The molecular weight excluding hydrogens is 450 g/mol. The standard InChI is InChI=1S/C24H21N7O4/c1-29(2)20-11-13-30(14-12-20)31-15-25-23(26-18-7-3-16(4-8-18)21(32)33)28-24(31)27-19-9-5-17(6-10-19)22(34)35/h3-15H,1-2H3,(H2-,26,27,28,32,33,34,35)/p+1. The first kappa shape index (κ1) is 23.1. The molecule has 11 nitrogen and oxygen atoms in total. The van der Waals surface area contributed by atoms with Gasteiger partial charge in [-0.2, -0.15) is 9.97 Å². The van der Waals surface area contributed by atoms with Gasteiger partial charge >= 0.3 is 11.9 Å². The number of pyridine rings is 1. The third-order valence-corrected chi connectivity index (χ3v) is 4.99. The van der Waals surface area contributed by atoms with Crippen molar-refractivity contribution >= 4 is 34.9 Å². The van der Waals surface area contributed by atoms with Crippen molar-refractivity contribution in [3.63, 3.8) is 0 Å². The normalized spacial score (nSPS) is 11.2. The fraction of sp³-hybridized carbons (Fsp3) is 0.0833. The lowest BCUT2D eigenvalue weighted by molar-refractivity contribution is -0.731. The second kappa shape index (κ2) is 9.83. The van der Waals surface area contributed by atoms with Gasteiger partial charge in [-0.15, -0.1) is 0 Å². The summed E-state index contributed by atoms with van der Waals surface area (Å²) in [6.45, 7) is 0. The number of nitrogens with zero attached hydrogens (tertiary/aromatic N) is 6. The van der Waals surface area contributed by atoms with E-state index in [-0.39, 0.29) is 22.7 Å². The molecule has 2 heterocycles. The lowest BCUT2D eigenvalue weighted by Gasteiger charge is -2.10. The van der Waals surface area contributed by atoms with Crippen molar-refractivity contribution in [3.8, 4) is 0 Å². The molecule has 2 aromatic heterocycles. The maximum absolute atomic E-state index is 11.2. The molecule has 4 rings (SSSR count). The molecule has 0 spiro atoms. The summed E-state index contributed by atoms with van der Waals surface area (Å²) in [5, 5.41) is 21.3. The molecule has 0 aliphatic rings. The van der Waals surface area contributed by atoms with Crippen LogP contribution in [0.5, 0.6) is 0 Å². The Morgan fingerprint density at radius 3 is 2.03 bits per heavy atom. The monoisotopic (exact) mass is 472 g/mol. The number of aromatic nitrogens is 4. The van der Waals surface area contributed by atoms with Gasteiger partial charge in [-0.05, 0) is 48.5 Å². The zero-order valence-corrected chi connectivity index (χ0v) is 18.9. The van der Waals surface area contributed by atoms with Crippen molar-refractivity contribution in [3.05, 3.63) is 96.1 Å². The Labute approximate surface area is 199 Å². The number of benzene rings is 2. The number of hydrogen-bond donors (Lipinski definition) is 3. The molecule has 3 N–H and O–H groups in total. The predicted octanol–water partition coefficient (Wildman–Crippen LogP) is 2.32. The summed E-state index contributed by atoms with van der Waals surface area (Å²) in [5.41, 5.74) is 2.71. The molecule has 0 saturated carbocycles. The van der Waals surface area contributed by atoms with Crippen molar-refractivity contribution in [2.45, 2.75) is 0 Å². The quantitative estimate of drug-likeness (QED) is 0.349. The van der Waals surface area contributed by atoms with E-state index in [1.54, 1.807) is 39.9 Å². The van der Waals surface area contributed by atoms with Crippen molar-refractivity contribution in [2.75, 3.05) is 24.3 Å². The highest BCUT2D eigenvalue weighted by Gasteiger charge is 2.11. The molecule has 35 heavy (non-hydrogen) atoms. The minimum Gasteiger partial charge on any atom is -0.478 e. The summed E-state index contributed by atoms with van der Waals surface area (Å²) in [7, 11) is 3.89. The summed E-state index contributed by atoms with van der Waals surface area (Å²) >= 11 is 0. The third-order valence-electron chi connectivity index (χ3n) is 4.99. The van der Waals surface area contributed by atoms with Gasteiger partial charge in [0.25, 0.3) is 5.62 Å². The highest BCUT2D eigenvalue weighted by molar-refractivity contribution is 5.88. The number of nitrogens with one attached hydrogen (secondary N) is 1. The molecule has 0 radical (unpaired) electrons. The second-order valence-electron chi connectivity index (χ2n) is 7.63. The van der Waals surface area contributed by atoms with Gasteiger partial charge in [0.1, 0.15) is 0 Å². The maximum Gasteiger partial charge on any atom is 0.335 e. The Bertz CT molecular complexity index is 1430. The number of carboxylic acid groups (broad SMARTS) is 2. The molecule has 11 heteroatoms. The Morgan fingerprint density at radius 2 is 1.49 bits per heavy atom. The summed E-state index contributed by atoms with van der Waals surface area (Å²) in [6.07, 6.45) is 5.21. The van der Waals surface area contributed by atoms with Gasteiger partial charge in [0.05, 0.1) is 16.8 Å². The summed E-state index contributed by atoms with van der Waals surface area (Å²) in [4.78, 5) is 37.7. The number of carbonyl (C=O) groups is 2. The van der Waals surface area contributed by atoms with Crippen LogP contribution in [-0.2, 0) is 0 Å². The minimum atomic E-state index is -1.02. The molecule has 4 aromatic rings. The van der Waals surface area contributed by atoms with E-state index in [2.05, 4.69) is 20.3 Å². The maximum atomic E-state index is 11.2. The van der Waals surface area contributed by atoms with Crippen LogP contribution in [0.25, 0.3) is 0 Å². The van der Waals surface area contributed by atoms with Gasteiger partial charge in [-0.25, -0.2) is 14.6 Å². The van der Waals surface area contributed by atoms with Gasteiger partial charge in [-0.1, -0.05) is 9.35 Å². The molecule has 0 fully saturated rings. The van der Waals surface area contributed by atoms with E-state index in [0.29, 0.717) is 11.4 Å². The number of hydrogen-bond acceptors (Lipinski definition) is 7. The molecule has 0 saturated heterocycles. The molecule has 2 aromatic carbocycles. The van der Waals surface area contributed by atoms with Crippen molar-refractivity contribution < 1.29 is 24.5 Å². The van der Waals surface area contributed by atoms with E-state index < -0.39 is 11.9 Å². The largest absolute Gasteiger partial charge is 0.478 e. The average molecular weight is 472 g/mol. The number of aromatic carboxylic acids is 2. The minimum absolute atomic E-state index is 0.153. The SMILES string of the molecule is CN(C)c1cc[n+](-n2cnc(Nc3ccc(C(=O)O)cc3)nc2=Nc2ccc(C(=O)O)cc2)cc1. The van der Waals surface area contributed by atoms with Crippen LogP contribution in [0.15, 0.2) is 84.4 Å². The van der Waals surface area contributed by atoms with E-state index in [1.807, 2.05) is 43.5 Å². The Balaban J connectivity index is 1.75. The van der Waals surface area contributed by atoms with Crippen LogP contribution in [0.4, 0.5) is 23.0 Å². The highest BCUT2D eigenvalue weighted by atomic mass is 16.4. The summed E-state index contributed by atoms with van der Waals surface area (Å²) in [6, 6.07) is 16.2. The second-order valence-corrected chi connectivity index (χ2v) is 7.63. The topological polar surface area (TPSA) is 137 Å². The van der Waals surface area contributed by atoms with Gasteiger partial charge in [-0.3, -0.25) is 0 Å². The van der Waals surface area contributed by atoms with E-state index >= 15 is 0 Å². The van der Waals surface area contributed by atoms with Crippen LogP contribution in [0, 0.1) is 0 Å². The van der Waals surface area contributed by atoms with Crippen LogP contribution in [-0.4, -0.2) is 50.9 Å². The molecular formula is C24H22N7O4+. The third kappa shape index (κ3) is 5.47. The van der Waals surface area contributed by atoms with Crippen molar-refractivity contribution in [2.24, 2.45) is 4.99 Å². The van der Waals surface area contributed by atoms with Crippen LogP contribution < -0.4 is 20.5 Å². The van der Waals surface area contributed by atoms with E-state index in [1.165, 1.54) is 24.3 Å². The lowest BCUT2D eigenvalue weighted by Crippen LogP contribution is -2.50. The Morgan fingerprint density at radius 1 is 0.914 bits per heavy atom. The van der Waals surface area contributed by atoms with Crippen LogP contribution in [0.3, 0.4) is 0 Å². The van der Waals surface area contributed by atoms with Crippen LogP contribution >= 0.6 is 0 Å². The first-order valence-electron chi connectivity index (χ1n) is 10.4. The molecule has 0 atom stereocenters. The van der Waals surface area contributed by atoms with E-state index in [4.69, 9.17) is 10.2 Å². The van der Waals surface area contributed by atoms with Gasteiger partial charge in [0.2, 0.25) is 18.3 Å². The number of carboxylic acids is 2. The molecule has 0 unspecified atom stereocenters. The smallest absolute Gasteiger partial charge is 0.335 e. The summed E-state index contributed by atoms with van der Waals surface area (Å²) in [5.74, 6) is -1.79. The number of anilines is 3. The zero-order valence-electron chi connectivity index (χ0n) is 18.9. The highest BCUT2D eigenvalue weighted by Crippen LogP contribution is 2.14. The zero-order chi connectivity index (χ0) is 24.9. The Hall–Kier alpha value is -5.06. The average Bonchev–Trinajstić information content (AvgIpc) is 2.85. The van der Waals surface area contributed by atoms with Crippen LogP contribution in [0.1, 0.15) is 20.7 Å². The fourth-order valence-electron chi connectivity index (χ4n) is 3.11.